The molecular weight excluding hydrogens is 305 g/mol. The van der Waals surface area contributed by atoms with Gasteiger partial charge >= 0.3 is 6.18 Å². The molecule has 0 atom stereocenters. The predicted molar refractivity (Wildman–Crippen MR) is 73.1 cm³/mol. The summed E-state index contributed by atoms with van der Waals surface area (Å²) in [4.78, 5) is 7.78. The lowest BCUT2D eigenvalue weighted by Gasteiger charge is -2.12. The second-order valence-electron chi connectivity index (χ2n) is 3.81. The van der Waals surface area contributed by atoms with Crippen LogP contribution in [0.15, 0.2) is 35.2 Å². The highest BCUT2D eigenvalue weighted by molar-refractivity contribution is 7.98. The predicted octanol–water partition coefficient (Wildman–Crippen LogP) is 3.30. The molecule has 0 unspecified atom stereocenters. The van der Waals surface area contributed by atoms with E-state index in [2.05, 4.69) is 9.97 Å². The third-order valence-corrected chi connectivity index (χ3v) is 3.18. The molecule has 0 aliphatic heterocycles. The zero-order valence-electron chi connectivity index (χ0n) is 10.8. The summed E-state index contributed by atoms with van der Waals surface area (Å²) in [5.74, 6) is 4.86. The number of anilines is 1. The minimum absolute atomic E-state index is 0.244. The van der Waals surface area contributed by atoms with Gasteiger partial charge in [-0.2, -0.15) is 18.2 Å². The van der Waals surface area contributed by atoms with Crippen LogP contribution in [0.2, 0.25) is 0 Å². The maximum absolute atomic E-state index is 12.7. The molecule has 0 saturated heterocycles. The Morgan fingerprint density at radius 1 is 1.24 bits per heavy atom. The first-order valence-corrected chi connectivity index (χ1v) is 6.90. The zero-order chi connectivity index (χ0) is 15.5. The van der Waals surface area contributed by atoms with Crippen molar-refractivity contribution >= 4 is 17.7 Å². The summed E-state index contributed by atoms with van der Waals surface area (Å²) in [5, 5.41) is 0. The van der Waals surface area contributed by atoms with Crippen molar-refractivity contribution < 1.29 is 17.9 Å². The molecule has 0 aliphatic carbocycles. The van der Waals surface area contributed by atoms with Crippen molar-refractivity contribution in [3.8, 4) is 11.6 Å². The second kappa shape index (κ2) is 6.19. The van der Waals surface area contributed by atoms with Gasteiger partial charge in [-0.1, -0.05) is 12.1 Å². The number of aromatic nitrogens is 2. The third-order valence-electron chi connectivity index (χ3n) is 2.41. The van der Waals surface area contributed by atoms with Gasteiger partial charge < -0.3 is 4.74 Å². The van der Waals surface area contributed by atoms with Crippen LogP contribution >= 0.6 is 11.8 Å². The van der Waals surface area contributed by atoms with E-state index >= 15 is 0 Å². The molecule has 0 aliphatic rings. The van der Waals surface area contributed by atoms with Crippen molar-refractivity contribution in [2.75, 3.05) is 11.7 Å². The summed E-state index contributed by atoms with van der Waals surface area (Å²) in [5.41, 5.74) is 0.850. The molecule has 0 spiro atoms. The van der Waals surface area contributed by atoms with Gasteiger partial charge in [0.15, 0.2) is 5.69 Å². The van der Waals surface area contributed by atoms with Gasteiger partial charge in [-0.3, -0.25) is 5.43 Å². The minimum Gasteiger partial charge on any atom is -0.438 e. The molecule has 2 aromatic rings. The first kappa shape index (κ1) is 15.4. The molecule has 0 radical (unpaired) electrons. The smallest absolute Gasteiger partial charge is 0.433 e. The average molecular weight is 316 g/mol. The Hall–Kier alpha value is -2.00. The molecule has 1 aromatic heterocycles. The van der Waals surface area contributed by atoms with Crippen LogP contribution in [-0.2, 0) is 6.18 Å². The number of rotatable bonds is 4. The molecule has 112 valence electrons. The van der Waals surface area contributed by atoms with Crippen LogP contribution in [0.5, 0.6) is 11.6 Å². The van der Waals surface area contributed by atoms with Gasteiger partial charge in [-0.25, -0.2) is 10.8 Å². The summed E-state index contributed by atoms with van der Waals surface area (Å²) < 4.78 is 43.7. The molecule has 0 fully saturated rings. The number of nitrogens with zero attached hydrogens (tertiary/aromatic N) is 2. The van der Waals surface area contributed by atoms with E-state index < -0.39 is 11.9 Å². The molecule has 1 heterocycles. The van der Waals surface area contributed by atoms with E-state index in [9.17, 15) is 13.2 Å². The highest BCUT2D eigenvalue weighted by Crippen LogP contribution is 2.34. The number of nitrogens with one attached hydrogen (secondary N) is 1. The van der Waals surface area contributed by atoms with Crippen molar-refractivity contribution in [2.45, 2.75) is 11.1 Å². The Kier molecular flexibility index (Phi) is 4.53. The van der Waals surface area contributed by atoms with E-state index in [1.165, 1.54) is 11.8 Å². The Morgan fingerprint density at radius 3 is 2.57 bits per heavy atom. The van der Waals surface area contributed by atoms with Gasteiger partial charge in [-0.05, 0) is 18.4 Å². The maximum Gasteiger partial charge on any atom is 0.433 e. The Morgan fingerprint density at radius 2 is 1.95 bits per heavy atom. The zero-order valence-corrected chi connectivity index (χ0v) is 11.6. The van der Waals surface area contributed by atoms with Gasteiger partial charge in [0, 0.05) is 11.0 Å². The number of thioether (sulfide) groups is 1. The van der Waals surface area contributed by atoms with Crippen LogP contribution in [0, 0.1) is 0 Å². The molecule has 2 rings (SSSR count). The lowest BCUT2D eigenvalue weighted by molar-refractivity contribution is -0.141. The normalized spacial score (nSPS) is 11.3. The van der Waals surface area contributed by atoms with Crippen LogP contribution in [0.25, 0.3) is 0 Å². The summed E-state index contributed by atoms with van der Waals surface area (Å²) >= 11 is 1.40. The second-order valence-corrected chi connectivity index (χ2v) is 4.66. The van der Waals surface area contributed by atoms with Gasteiger partial charge in [0.1, 0.15) is 5.75 Å². The number of ether oxygens (including phenoxy) is 1. The molecular formula is C12H11F3N4OS. The maximum atomic E-state index is 12.7. The largest absolute Gasteiger partial charge is 0.438 e. The summed E-state index contributed by atoms with van der Waals surface area (Å²) in [6.07, 6.45) is -2.79. The highest BCUT2D eigenvalue weighted by atomic mass is 32.2. The molecule has 3 N–H and O–H groups in total. The van der Waals surface area contributed by atoms with Gasteiger partial charge in [-0.15, -0.1) is 11.8 Å². The average Bonchev–Trinajstić information content (AvgIpc) is 2.46. The molecule has 0 saturated carbocycles. The minimum atomic E-state index is -4.62. The Balaban J connectivity index is 2.39. The van der Waals surface area contributed by atoms with Crippen molar-refractivity contribution in [2.24, 2.45) is 5.84 Å². The van der Waals surface area contributed by atoms with Crippen molar-refractivity contribution in [1.82, 2.24) is 9.97 Å². The number of hydrazine groups is 1. The number of para-hydroxylation sites is 1. The number of hydrogen-bond donors (Lipinski definition) is 2. The van der Waals surface area contributed by atoms with Crippen LogP contribution < -0.4 is 16.0 Å². The SMILES string of the molecule is CSc1ccccc1Oc1cc(C(F)(F)F)nc(NN)n1. The Labute approximate surface area is 122 Å². The Bertz CT molecular complexity index is 636. The summed E-state index contributed by atoms with van der Waals surface area (Å²) in [7, 11) is 0. The molecule has 21 heavy (non-hydrogen) atoms. The number of benzene rings is 1. The topological polar surface area (TPSA) is 73.1 Å². The molecule has 0 bridgehead atoms. The van der Waals surface area contributed by atoms with Gasteiger partial charge in [0.25, 0.3) is 0 Å². The van der Waals surface area contributed by atoms with Crippen molar-refractivity contribution in [3.05, 3.63) is 36.0 Å². The van der Waals surface area contributed by atoms with Crippen LogP contribution in [0.3, 0.4) is 0 Å². The molecule has 5 nitrogen and oxygen atoms in total. The standard InChI is InChI=1S/C12H11F3N4OS/c1-21-8-5-3-2-4-7(8)20-10-6-9(12(13,14)15)17-11(18-10)19-16/h2-6H,16H2,1H3,(H,17,18,19). The number of alkyl halides is 3. The number of halogens is 3. The van der Waals surface area contributed by atoms with E-state index in [1.54, 1.807) is 24.3 Å². The molecule has 9 heteroatoms. The fourth-order valence-corrected chi connectivity index (χ4v) is 2.03. The first-order valence-electron chi connectivity index (χ1n) is 5.68. The quantitative estimate of drug-likeness (QED) is 0.512. The van der Waals surface area contributed by atoms with Crippen molar-refractivity contribution in [3.63, 3.8) is 0 Å². The molecule has 1 aromatic carbocycles. The fraction of sp³-hybridized carbons (Fsp3) is 0.167. The first-order chi connectivity index (χ1) is 9.94. The van der Waals surface area contributed by atoms with E-state index in [4.69, 9.17) is 10.6 Å². The summed E-state index contributed by atoms with van der Waals surface area (Å²) in [6.45, 7) is 0. The van der Waals surface area contributed by atoms with E-state index in [0.717, 1.165) is 11.0 Å². The third kappa shape index (κ3) is 3.76. The van der Waals surface area contributed by atoms with E-state index in [0.29, 0.717) is 5.75 Å². The number of hydrogen-bond acceptors (Lipinski definition) is 6. The van der Waals surface area contributed by atoms with Gasteiger partial charge in [0.2, 0.25) is 11.8 Å². The highest BCUT2D eigenvalue weighted by Gasteiger charge is 2.34. The van der Waals surface area contributed by atoms with Crippen LogP contribution in [0.4, 0.5) is 19.1 Å². The van der Waals surface area contributed by atoms with Gasteiger partial charge in [0.05, 0.1) is 0 Å². The lowest BCUT2D eigenvalue weighted by atomic mass is 10.3. The van der Waals surface area contributed by atoms with Crippen LogP contribution in [0.1, 0.15) is 5.69 Å². The monoisotopic (exact) mass is 316 g/mol. The van der Waals surface area contributed by atoms with Crippen LogP contribution in [-0.4, -0.2) is 16.2 Å². The summed E-state index contributed by atoms with van der Waals surface area (Å²) in [6, 6.07) is 7.65. The van der Waals surface area contributed by atoms with Crippen molar-refractivity contribution in [1.29, 1.82) is 0 Å². The number of nitrogen functional groups attached to an aromatic ring is 1. The molecule has 0 amide bonds. The lowest BCUT2D eigenvalue weighted by Crippen LogP contribution is -2.15. The van der Waals surface area contributed by atoms with E-state index in [1.807, 2.05) is 11.7 Å². The number of nitrogens with two attached hydrogens (primary N) is 1. The fourth-order valence-electron chi connectivity index (χ4n) is 1.50. The van der Waals surface area contributed by atoms with E-state index in [-0.39, 0.29) is 11.8 Å².